The third kappa shape index (κ3) is 4.04. The van der Waals surface area contributed by atoms with Crippen molar-refractivity contribution in [1.29, 1.82) is 0 Å². The fraction of sp³-hybridized carbons (Fsp3) is 0.250. The Kier molecular flexibility index (Phi) is 4.92. The minimum Gasteiger partial charge on any atom is -0.316 e. The van der Waals surface area contributed by atoms with Crippen LogP contribution in [0.4, 0.5) is 0 Å². The zero-order chi connectivity index (χ0) is 12.7. The van der Waals surface area contributed by atoms with Gasteiger partial charge in [0.2, 0.25) is 0 Å². The molecule has 0 heterocycles. The highest BCUT2D eigenvalue weighted by Crippen LogP contribution is 2.13. The standard InChI is InChI=1S/C16H22N/c1-5-12-17(4,13-6-2)14-16-10-8-15(7-3)9-11-16/h5-11H,1-3,12-14H2,4H3/q+1. The molecule has 1 aromatic rings. The second-order valence-corrected chi connectivity index (χ2v) is 4.67. The summed E-state index contributed by atoms with van der Waals surface area (Å²) in [6.07, 6.45) is 5.81. The summed E-state index contributed by atoms with van der Waals surface area (Å²) in [6, 6.07) is 8.54. The Morgan fingerprint density at radius 1 is 1.00 bits per heavy atom. The quantitative estimate of drug-likeness (QED) is 0.493. The molecule has 0 saturated heterocycles. The Morgan fingerprint density at radius 3 is 1.94 bits per heavy atom. The number of quaternary nitrogens is 1. The summed E-state index contributed by atoms with van der Waals surface area (Å²) < 4.78 is 0.917. The van der Waals surface area contributed by atoms with Gasteiger partial charge in [0.05, 0.1) is 20.1 Å². The number of rotatable bonds is 7. The molecule has 0 atom stereocenters. The van der Waals surface area contributed by atoms with E-state index in [-0.39, 0.29) is 0 Å². The second kappa shape index (κ2) is 6.21. The average molecular weight is 228 g/mol. The van der Waals surface area contributed by atoms with Gasteiger partial charge in [0.1, 0.15) is 6.54 Å². The van der Waals surface area contributed by atoms with Crippen molar-refractivity contribution in [1.82, 2.24) is 0 Å². The van der Waals surface area contributed by atoms with E-state index in [0.29, 0.717) is 0 Å². The van der Waals surface area contributed by atoms with E-state index in [4.69, 9.17) is 0 Å². The largest absolute Gasteiger partial charge is 0.316 e. The van der Waals surface area contributed by atoms with E-state index in [1.165, 1.54) is 5.56 Å². The lowest BCUT2D eigenvalue weighted by Crippen LogP contribution is -2.43. The highest BCUT2D eigenvalue weighted by atomic mass is 15.3. The van der Waals surface area contributed by atoms with Crippen molar-refractivity contribution in [2.75, 3.05) is 20.1 Å². The van der Waals surface area contributed by atoms with Crippen LogP contribution in [0.25, 0.3) is 6.08 Å². The molecule has 90 valence electrons. The van der Waals surface area contributed by atoms with Crippen LogP contribution in [0.3, 0.4) is 0 Å². The lowest BCUT2D eigenvalue weighted by atomic mass is 10.1. The molecule has 0 aliphatic carbocycles. The maximum Gasteiger partial charge on any atom is 0.105 e. The molecule has 1 heteroatoms. The highest BCUT2D eigenvalue weighted by Gasteiger charge is 2.18. The van der Waals surface area contributed by atoms with Crippen LogP contribution in [0.1, 0.15) is 11.1 Å². The monoisotopic (exact) mass is 228 g/mol. The van der Waals surface area contributed by atoms with Crippen LogP contribution in [-0.2, 0) is 6.54 Å². The summed E-state index contributed by atoms with van der Waals surface area (Å²) in [5.41, 5.74) is 2.50. The molecule has 1 nitrogen and oxygen atoms in total. The van der Waals surface area contributed by atoms with Gasteiger partial charge in [-0.05, 0) is 17.7 Å². The van der Waals surface area contributed by atoms with Crippen LogP contribution in [0, 0.1) is 0 Å². The van der Waals surface area contributed by atoms with Gasteiger partial charge >= 0.3 is 0 Å². The van der Waals surface area contributed by atoms with E-state index in [0.717, 1.165) is 29.7 Å². The maximum absolute atomic E-state index is 3.83. The molecule has 0 amide bonds. The fourth-order valence-electron chi connectivity index (χ4n) is 2.03. The molecule has 0 bridgehead atoms. The highest BCUT2D eigenvalue weighted by molar-refractivity contribution is 5.47. The van der Waals surface area contributed by atoms with Crippen LogP contribution in [0.15, 0.2) is 56.2 Å². The van der Waals surface area contributed by atoms with Gasteiger partial charge in [-0.25, -0.2) is 0 Å². The van der Waals surface area contributed by atoms with Gasteiger partial charge < -0.3 is 4.48 Å². The van der Waals surface area contributed by atoms with Crippen LogP contribution in [0.5, 0.6) is 0 Å². The third-order valence-corrected chi connectivity index (χ3v) is 2.92. The summed E-state index contributed by atoms with van der Waals surface area (Å²) in [6.45, 7) is 14.3. The van der Waals surface area contributed by atoms with Gasteiger partial charge in [0.25, 0.3) is 0 Å². The molecular formula is C16H22N+. The van der Waals surface area contributed by atoms with Gasteiger partial charge in [0.15, 0.2) is 0 Å². The molecule has 0 spiro atoms. The van der Waals surface area contributed by atoms with E-state index >= 15 is 0 Å². The predicted molar refractivity (Wildman–Crippen MR) is 76.5 cm³/mol. The minimum atomic E-state index is 0.917. The first-order valence-electron chi connectivity index (χ1n) is 5.90. The summed E-state index contributed by atoms with van der Waals surface area (Å²) in [5, 5.41) is 0. The maximum atomic E-state index is 3.83. The van der Waals surface area contributed by atoms with E-state index in [9.17, 15) is 0 Å². The SMILES string of the molecule is C=CC[N+](C)(CC=C)Cc1ccc(C=C)cc1. The zero-order valence-corrected chi connectivity index (χ0v) is 10.7. The van der Waals surface area contributed by atoms with Crippen LogP contribution in [-0.4, -0.2) is 24.6 Å². The first-order valence-corrected chi connectivity index (χ1v) is 5.90. The zero-order valence-electron chi connectivity index (χ0n) is 10.7. The predicted octanol–water partition coefficient (Wildman–Crippen LogP) is 3.65. The molecule has 1 rings (SSSR count). The Labute approximate surface area is 105 Å². The molecule has 0 radical (unpaired) electrons. The summed E-state index contributed by atoms with van der Waals surface area (Å²) in [5.74, 6) is 0. The molecule has 0 N–H and O–H groups in total. The number of benzene rings is 1. The van der Waals surface area contributed by atoms with Gasteiger partial charge in [-0.15, -0.1) is 0 Å². The van der Waals surface area contributed by atoms with Crippen molar-refractivity contribution in [3.05, 3.63) is 67.3 Å². The number of hydrogen-bond acceptors (Lipinski definition) is 0. The molecule has 0 aliphatic rings. The topological polar surface area (TPSA) is 0 Å². The fourth-order valence-corrected chi connectivity index (χ4v) is 2.03. The minimum absolute atomic E-state index is 0.917. The van der Waals surface area contributed by atoms with Gasteiger partial charge in [-0.3, -0.25) is 0 Å². The first kappa shape index (κ1) is 13.5. The van der Waals surface area contributed by atoms with Crippen molar-refractivity contribution in [2.24, 2.45) is 0 Å². The molecule has 0 fully saturated rings. The molecule has 0 unspecified atom stereocenters. The van der Waals surface area contributed by atoms with Crippen LogP contribution < -0.4 is 0 Å². The number of nitrogens with zero attached hydrogens (tertiary/aromatic N) is 1. The normalized spacial score (nSPS) is 10.9. The van der Waals surface area contributed by atoms with Crippen molar-refractivity contribution in [3.8, 4) is 0 Å². The molecule has 0 aliphatic heterocycles. The first-order chi connectivity index (χ1) is 8.13. The van der Waals surface area contributed by atoms with E-state index < -0.39 is 0 Å². The molecule has 17 heavy (non-hydrogen) atoms. The van der Waals surface area contributed by atoms with Crippen LogP contribution in [0.2, 0.25) is 0 Å². The second-order valence-electron chi connectivity index (χ2n) is 4.67. The van der Waals surface area contributed by atoms with Gasteiger partial charge in [-0.1, -0.05) is 50.1 Å². The van der Waals surface area contributed by atoms with Crippen molar-refractivity contribution < 1.29 is 4.48 Å². The van der Waals surface area contributed by atoms with Crippen LogP contribution >= 0.6 is 0 Å². The molecule has 1 aromatic carbocycles. The summed E-state index contributed by atoms with van der Waals surface area (Å²) >= 11 is 0. The third-order valence-electron chi connectivity index (χ3n) is 2.92. The Hall–Kier alpha value is -1.60. The summed E-state index contributed by atoms with van der Waals surface area (Å²) in [4.78, 5) is 0. The van der Waals surface area contributed by atoms with Gasteiger partial charge in [-0.2, -0.15) is 0 Å². The Balaban J connectivity index is 2.81. The Morgan fingerprint density at radius 2 is 1.53 bits per heavy atom. The van der Waals surface area contributed by atoms with Crippen molar-refractivity contribution >= 4 is 6.08 Å². The molecule has 0 aromatic heterocycles. The number of likely N-dealkylation sites (N-methyl/N-ethyl adjacent to an activating group) is 1. The number of hydrogen-bond donors (Lipinski definition) is 0. The molecular weight excluding hydrogens is 206 g/mol. The molecule has 0 saturated carbocycles. The van der Waals surface area contributed by atoms with Gasteiger partial charge in [0, 0.05) is 5.56 Å². The van der Waals surface area contributed by atoms with E-state index in [2.05, 4.69) is 51.0 Å². The van der Waals surface area contributed by atoms with Crippen molar-refractivity contribution in [3.63, 3.8) is 0 Å². The van der Waals surface area contributed by atoms with E-state index in [1.807, 2.05) is 18.2 Å². The lowest BCUT2D eigenvalue weighted by Gasteiger charge is -2.32. The average Bonchev–Trinajstić information content (AvgIpc) is 2.30. The van der Waals surface area contributed by atoms with Crippen molar-refractivity contribution in [2.45, 2.75) is 6.54 Å². The van der Waals surface area contributed by atoms with E-state index in [1.54, 1.807) is 0 Å². The Bertz CT molecular complexity index is 376. The lowest BCUT2D eigenvalue weighted by molar-refractivity contribution is -0.911. The summed E-state index contributed by atoms with van der Waals surface area (Å²) in [7, 11) is 2.23. The smallest absolute Gasteiger partial charge is 0.105 e.